The van der Waals surface area contributed by atoms with Crippen molar-refractivity contribution in [2.24, 2.45) is 15.9 Å². The Balaban J connectivity index is 1.97. The maximum atomic E-state index is 8.67. The van der Waals surface area contributed by atoms with Gasteiger partial charge >= 0.3 is 0 Å². The Labute approximate surface area is 105 Å². The molecular weight excluding hydrogens is 230 g/mol. The lowest BCUT2D eigenvalue weighted by Crippen LogP contribution is -2.35. The number of oxime groups is 1. The number of ether oxygens (including phenoxy) is 1. The van der Waals surface area contributed by atoms with Crippen LogP contribution in [-0.2, 0) is 17.6 Å². The highest BCUT2D eigenvalue weighted by Crippen LogP contribution is 2.35. The fraction of sp³-hybridized carbons (Fsp3) is 0.385. The molecule has 0 amide bonds. The molecule has 0 radical (unpaired) electrons. The van der Waals surface area contributed by atoms with E-state index in [4.69, 9.17) is 15.7 Å². The number of nitrogens with zero attached hydrogens (tertiary/aromatic N) is 2. The predicted octanol–water partition coefficient (Wildman–Crippen LogP) is 1.07. The van der Waals surface area contributed by atoms with E-state index in [-0.39, 0.29) is 5.54 Å². The van der Waals surface area contributed by atoms with Crippen LogP contribution in [0.15, 0.2) is 28.3 Å². The quantitative estimate of drug-likeness (QED) is 0.441. The van der Waals surface area contributed by atoms with Gasteiger partial charge in [-0.2, -0.15) is 0 Å². The van der Waals surface area contributed by atoms with Crippen LogP contribution in [-0.4, -0.2) is 29.6 Å². The molecule has 18 heavy (non-hydrogen) atoms. The third-order valence-corrected chi connectivity index (χ3v) is 3.70. The van der Waals surface area contributed by atoms with Crippen LogP contribution in [0.5, 0.6) is 0 Å². The number of benzene rings is 1. The van der Waals surface area contributed by atoms with E-state index in [1.54, 1.807) is 0 Å². The molecule has 5 nitrogen and oxygen atoms in total. The van der Waals surface area contributed by atoms with Gasteiger partial charge in [0.25, 0.3) is 6.02 Å². The Morgan fingerprint density at radius 3 is 3.11 bits per heavy atom. The molecule has 1 heterocycles. The fourth-order valence-corrected chi connectivity index (χ4v) is 2.83. The van der Waals surface area contributed by atoms with Crippen LogP contribution in [0.25, 0.3) is 0 Å². The van der Waals surface area contributed by atoms with Crippen LogP contribution in [0.4, 0.5) is 0 Å². The zero-order valence-corrected chi connectivity index (χ0v) is 9.97. The number of rotatable bonds is 1. The summed E-state index contributed by atoms with van der Waals surface area (Å²) >= 11 is 0. The van der Waals surface area contributed by atoms with Crippen LogP contribution in [0.2, 0.25) is 0 Å². The molecule has 5 heteroatoms. The highest BCUT2D eigenvalue weighted by molar-refractivity contribution is 5.82. The lowest BCUT2D eigenvalue weighted by molar-refractivity contribution is 0.235. The molecule has 0 bridgehead atoms. The summed E-state index contributed by atoms with van der Waals surface area (Å²) in [5.41, 5.74) is 8.87. The van der Waals surface area contributed by atoms with E-state index in [1.807, 2.05) is 12.1 Å². The summed E-state index contributed by atoms with van der Waals surface area (Å²) in [7, 11) is 0. The molecule has 3 N–H and O–H groups in total. The second-order valence-corrected chi connectivity index (χ2v) is 4.87. The summed E-state index contributed by atoms with van der Waals surface area (Å²) in [6.07, 6.45) is 4.13. The van der Waals surface area contributed by atoms with Gasteiger partial charge < -0.3 is 15.7 Å². The Hall–Kier alpha value is -2.04. The van der Waals surface area contributed by atoms with Crippen LogP contribution >= 0.6 is 0 Å². The molecule has 1 aromatic rings. The van der Waals surface area contributed by atoms with Crippen molar-refractivity contribution in [3.8, 4) is 0 Å². The van der Waals surface area contributed by atoms with Crippen LogP contribution in [0.3, 0.4) is 0 Å². The lowest BCUT2D eigenvalue weighted by Gasteiger charge is -2.31. The molecule has 0 saturated carbocycles. The summed E-state index contributed by atoms with van der Waals surface area (Å²) in [5.74, 6) is 0. The fourth-order valence-electron chi connectivity index (χ4n) is 2.83. The highest BCUT2D eigenvalue weighted by Gasteiger charge is 2.39. The Kier molecular flexibility index (Phi) is 2.47. The molecular formula is C13H15N3O2. The molecule has 0 fully saturated rings. The van der Waals surface area contributed by atoms with Crippen molar-refractivity contribution in [1.29, 1.82) is 0 Å². The van der Waals surface area contributed by atoms with E-state index in [2.05, 4.69) is 16.2 Å². The van der Waals surface area contributed by atoms with Crippen LogP contribution < -0.4 is 5.73 Å². The average Bonchev–Trinajstić information content (AvgIpc) is 2.71. The molecule has 1 spiro atoms. The van der Waals surface area contributed by atoms with Crippen molar-refractivity contribution >= 4 is 12.2 Å². The Morgan fingerprint density at radius 2 is 2.39 bits per heavy atom. The summed E-state index contributed by atoms with van der Waals surface area (Å²) in [4.78, 5) is 4.44. The van der Waals surface area contributed by atoms with Crippen molar-refractivity contribution in [2.75, 3.05) is 6.61 Å². The normalized spacial score (nSPS) is 26.1. The predicted molar refractivity (Wildman–Crippen MR) is 68.2 cm³/mol. The number of aliphatic imine (C=N–C) groups is 1. The van der Waals surface area contributed by atoms with Crippen molar-refractivity contribution in [3.05, 3.63) is 34.9 Å². The smallest absolute Gasteiger partial charge is 0.282 e. The molecule has 94 valence electrons. The van der Waals surface area contributed by atoms with E-state index in [0.29, 0.717) is 12.6 Å². The zero-order chi connectivity index (χ0) is 12.6. The SMILES string of the molecule is NC1=NC2(CCc3c(/C=N/O)cccc3C2)CO1. The molecule has 3 rings (SSSR count). The second-order valence-electron chi connectivity index (χ2n) is 4.87. The number of nitrogens with two attached hydrogens (primary N) is 1. The minimum Gasteiger partial charge on any atom is -0.463 e. The average molecular weight is 245 g/mol. The van der Waals surface area contributed by atoms with Gasteiger partial charge in [-0.05, 0) is 29.5 Å². The van der Waals surface area contributed by atoms with Gasteiger partial charge in [-0.1, -0.05) is 23.4 Å². The molecule has 1 unspecified atom stereocenters. The topological polar surface area (TPSA) is 80.2 Å². The minimum absolute atomic E-state index is 0.188. The van der Waals surface area contributed by atoms with E-state index in [0.717, 1.165) is 24.8 Å². The number of fused-ring (bicyclic) bond motifs is 1. The number of amidine groups is 1. The first-order valence-corrected chi connectivity index (χ1v) is 5.99. The number of hydrogen-bond donors (Lipinski definition) is 2. The summed E-state index contributed by atoms with van der Waals surface area (Å²) in [6.45, 7) is 0.566. The third-order valence-electron chi connectivity index (χ3n) is 3.70. The maximum absolute atomic E-state index is 8.67. The maximum Gasteiger partial charge on any atom is 0.282 e. The Bertz CT molecular complexity index is 539. The summed E-state index contributed by atoms with van der Waals surface area (Å²) < 4.78 is 5.30. The first-order valence-electron chi connectivity index (χ1n) is 5.99. The number of hydrogen-bond acceptors (Lipinski definition) is 5. The van der Waals surface area contributed by atoms with Gasteiger partial charge in [-0.15, -0.1) is 0 Å². The first kappa shape index (κ1) is 11.1. The van der Waals surface area contributed by atoms with Gasteiger partial charge in [-0.25, -0.2) is 4.99 Å². The van der Waals surface area contributed by atoms with E-state index in [1.165, 1.54) is 17.3 Å². The van der Waals surface area contributed by atoms with E-state index in [9.17, 15) is 0 Å². The van der Waals surface area contributed by atoms with Crippen LogP contribution in [0.1, 0.15) is 23.1 Å². The van der Waals surface area contributed by atoms with Gasteiger partial charge in [0, 0.05) is 6.42 Å². The Morgan fingerprint density at radius 1 is 1.50 bits per heavy atom. The second kappa shape index (κ2) is 4.01. The molecule has 0 saturated heterocycles. The lowest BCUT2D eigenvalue weighted by atomic mass is 9.77. The van der Waals surface area contributed by atoms with Crippen LogP contribution in [0, 0.1) is 0 Å². The van der Waals surface area contributed by atoms with E-state index >= 15 is 0 Å². The van der Waals surface area contributed by atoms with E-state index < -0.39 is 0 Å². The van der Waals surface area contributed by atoms with Gasteiger partial charge in [0.1, 0.15) is 12.1 Å². The first-order chi connectivity index (χ1) is 8.72. The largest absolute Gasteiger partial charge is 0.463 e. The van der Waals surface area contributed by atoms with Gasteiger partial charge in [0.2, 0.25) is 0 Å². The third kappa shape index (κ3) is 1.72. The van der Waals surface area contributed by atoms with Crippen molar-refractivity contribution in [2.45, 2.75) is 24.8 Å². The molecule has 1 atom stereocenters. The van der Waals surface area contributed by atoms with Gasteiger partial charge in [-0.3, -0.25) is 0 Å². The van der Waals surface area contributed by atoms with Gasteiger partial charge in [0.05, 0.1) is 6.21 Å². The minimum atomic E-state index is -0.188. The van der Waals surface area contributed by atoms with Gasteiger partial charge in [0.15, 0.2) is 0 Å². The monoisotopic (exact) mass is 245 g/mol. The standard InChI is InChI=1S/C13H15N3O2/c14-12-16-13(8-18-12)5-4-11-9(6-13)2-1-3-10(11)7-15-17/h1-3,7,17H,4-6,8H2,(H2,14,16)/b15-7+. The highest BCUT2D eigenvalue weighted by atomic mass is 16.5. The molecule has 2 aliphatic rings. The summed E-state index contributed by atoms with van der Waals surface area (Å²) in [5, 5.41) is 11.8. The molecule has 1 aromatic carbocycles. The molecule has 1 aliphatic carbocycles. The van der Waals surface area contributed by atoms with Crippen molar-refractivity contribution < 1.29 is 9.94 Å². The zero-order valence-electron chi connectivity index (χ0n) is 9.97. The van der Waals surface area contributed by atoms with Crippen molar-refractivity contribution in [3.63, 3.8) is 0 Å². The molecule has 0 aromatic heterocycles. The molecule has 1 aliphatic heterocycles. The van der Waals surface area contributed by atoms with Crippen molar-refractivity contribution in [1.82, 2.24) is 0 Å². The summed E-state index contributed by atoms with van der Waals surface area (Å²) in [6, 6.07) is 6.32.